The molecule has 0 radical (unpaired) electrons. The van der Waals surface area contributed by atoms with Crippen LogP contribution in [0.15, 0.2) is 35.4 Å². The SMILES string of the molecule is C=CCNCc1nc(-c2ccc(F)c(Cl)c2)no1. The zero-order valence-electron chi connectivity index (χ0n) is 9.49. The Morgan fingerprint density at radius 2 is 2.33 bits per heavy atom. The summed E-state index contributed by atoms with van der Waals surface area (Å²) < 4.78 is 18.1. The predicted molar refractivity (Wildman–Crippen MR) is 66.6 cm³/mol. The number of nitrogens with one attached hydrogen (secondary N) is 1. The molecular weight excluding hydrogens is 257 g/mol. The van der Waals surface area contributed by atoms with Crippen LogP contribution in [0.3, 0.4) is 0 Å². The summed E-state index contributed by atoms with van der Waals surface area (Å²) in [6.07, 6.45) is 1.73. The molecule has 4 nitrogen and oxygen atoms in total. The highest BCUT2D eigenvalue weighted by molar-refractivity contribution is 6.31. The summed E-state index contributed by atoms with van der Waals surface area (Å²) in [5.41, 5.74) is 0.611. The summed E-state index contributed by atoms with van der Waals surface area (Å²) in [6, 6.07) is 4.28. The summed E-state index contributed by atoms with van der Waals surface area (Å²) in [5, 5.41) is 6.87. The van der Waals surface area contributed by atoms with Gasteiger partial charge >= 0.3 is 0 Å². The van der Waals surface area contributed by atoms with E-state index in [2.05, 4.69) is 22.0 Å². The molecule has 1 aromatic carbocycles. The first-order valence-corrected chi connectivity index (χ1v) is 5.68. The van der Waals surface area contributed by atoms with Crippen molar-refractivity contribution in [2.24, 2.45) is 0 Å². The summed E-state index contributed by atoms with van der Waals surface area (Å²) in [6.45, 7) is 4.69. The largest absolute Gasteiger partial charge is 0.338 e. The van der Waals surface area contributed by atoms with Gasteiger partial charge in [-0.25, -0.2) is 4.39 Å². The molecule has 0 unspecified atom stereocenters. The fraction of sp³-hybridized carbons (Fsp3) is 0.167. The Balaban J connectivity index is 2.13. The minimum atomic E-state index is -0.475. The van der Waals surface area contributed by atoms with E-state index in [4.69, 9.17) is 16.1 Å². The van der Waals surface area contributed by atoms with Crippen molar-refractivity contribution in [3.8, 4) is 11.4 Å². The van der Waals surface area contributed by atoms with E-state index in [1.807, 2.05) is 0 Å². The number of aromatic nitrogens is 2. The third-order valence-electron chi connectivity index (χ3n) is 2.21. The second kappa shape index (κ2) is 5.75. The van der Waals surface area contributed by atoms with Crippen LogP contribution in [0.2, 0.25) is 5.02 Å². The Labute approximate surface area is 108 Å². The standard InChI is InChI=1S/C12H11ClFN3O/c1-2-5-15-7-11-16-12(17-18-11)8-3-4-10(14)9(13)6-8/h2-4,6,15H,1,5,7H2. The first kappa shape index (κ1) is 12.7. The van der Waals surface area contributed by atoms with E-state index < -0.39 is 5.82 Å². The minimum absolute atomic E-state index is 0.0311. The molecule has 1 N–H and O–H groups in total. The summed E-state index contributed by atoms with van der Waals surface area (Å²) in [4.78, 5) is 4.17. The van der Waals surface area contributed by atoms with Crippen molar-refractivity contribution in [1.82, 2.24) is 15.5 Å². The molecule has 0 aliphatic carbocycles. The van der Waals surface area contributed by atoms with Crippen LogP contribution < -0.4 is 5.32 Å². The van der Waals surface area contributed by atoms with Gasteiger partial charge in [0.1, 0.15) is 5.82 Å². The summed E-state index contributed by atoms with van der Waals surface area (Å²) in [7, 11) is 0. The zero-order valence-corrected chi connectivity index (χ0v) is 10.2. The number of hydrogen-bond donors (Lipinski definition) is 1. The van der Waals surface area contributed by atoms with E-state index in [9.17, 15) is 4.39 Å². The molecule has 94 valence electrons. The van der Waals surface area contributed by atoms with Gasteiger partial charge in [-0.1, -0.05) is 22.8 Å². The molecule has 0 bridgehead atoms. The van der Waals surface area contributed by atoms with Crippen LogP contribution in [0.1, 0.15) is 5.89 Å². The first-order valence-electron chi connectivity index (χ1n) is 5.30. The van der Waals surface area contributed by atoms with Crippen LogP contribution in [0, 0.1) is 5.82 Å². The van der Waals surface area contributed by atoms with E-state index in [1.165, 1.54) is 12.1 Å². The zero-order chi connectivity index (χ0) is 13.0. The number of nitrogens with zero attached hydrogens (tertiary/aromatic N) is 2. The van der Waals surface area contributed by atoms with Gasteiger partial charge in [-0.3, -0.25) is 0 Å². The third-order valence-corrected chi connectivity index (χ3v) is 2.50. The molecule has 18 heavy (non-hydrogen) atoms. The van der Waals surface area contributed by atoms with Gasteiger partial charge in [0.15, 0.2) is 0 Å². The number of hydrogen-bond acceptors (Lipinski definition) is 4. The predicted octanol–water partition coefficient (Wildman–Crippen LogP) is 2.80. The molecule has 2 rings (SSSR count). The highest BCUT2D eigenvalue weighted by atomic mass is 35.5. The van der Waals surface area contributed by atoms with Gasteiger partial charge in [-0.05, 0) is 18.2 Å². The molecule has 0 spiro atoms. The lowest BCUT2D eigenvalue weighted by Crippen LogP contribution is -2.12. The lowest BCUT2D eigenvalue weighted by Gasteiger charge is -1.96. The van der Waals surface area contributed by atoms with Crippen molar-refractivity contribution in [3.63, 3.8) is 0 Å². The second-order valence-corrected chi connectivity index (χ2v) is 3.97. The minimum Gasteiger partial charge on any atom is -0.338 e. The summed E-state index contributed by atoms with van der Waals surface area (Å²) in [5.74, 6) is 0.358. The fourth-order valence-electron chi connectivity index (χ4n) is 1.36. The number of halogens is 2. The second-order valence-electron chi connectivity index (χ2n) is 3.56. The molecule has 2 aromatic rings. The molecule has 0 aliphatic rings. The van der Waals surface area contributed by atoms with E-state index in [0.717, 1.165) is 0 Å². The molecule has 1 heterocycles. The maximum absolute atomic E-state index is 13.0. The van der Waals surface area contributed by atoms with E-state index >= 15 is 0 Å². The quantitative estimate of drug-likeness (QED) is 0.669. The van der Waals surface area contributed by atoms with Crippen LogP contribution >= 0.6 is 11.6 Å². The van der Waals surface area contributed by atoms with Crippen molar-refractivity contribution >= 4 is 11.6 Å². The van der Waals surface area contributed by atoms with Gasteiger partial charge < -0.3 is 9.84 Å². The maximum Gasteiger partial charge on any atom is 0.240 e. The average Bonchev–Trinajstić information content (AvgIpc) is 2.82. The van der Waals surface area contributed by atoms with Crippen molar-refractivity contribution in [2.45, 2.75) is 6.54 Å². The lowest BCUT2D eigenvalue weighted by atomic mass is 10.2. The monoisotopic (exact) mass is 267 g/mol. The molecule has 1 aromatic heterocycles. The third kappa shape index (κ3) is 2.94. The Bertz CT molecular complexity index is 556. The summed E-state index contributed by atoms with van der Waals surface area (Å²) >= 11 is 5.69. The van der Waals surface area contributed by atoms with Crippen molar-refractivity contribution in [2.75, 3.05) is 6.54 Å². The van der Waals surface area contributed by atoms with Gasteiger partial charge in [0.05, 0.1) is 11.6 Å². The molecule has 0 saturated heterocycles. The molecular formula is C12H11ClFN3O. The Hall–Kier alpha value is -1.72. The van der Waals surface area contributed by atoms with E-state index in [0.29, 0.717) is 30.4 Å². The highest BCUT2D eigenvalue weighted by Gasteiger charge is 2.10. The van der Waals surface area contributed by atoms with Crippen LogP contribution in [0.4, 0.5) is 4.39 Å². The van der Waals surface area contributed by atoms with E-state index in [1.54, 1.807) is 12.1 Å². The number of benzene rings is 1. The van der Waals surface area contributed by atoms with Crippen LogP contribution in [0.5, 0.6) is 0 Å². The molecule has 0 amide bonds. The molecule has 0 aliphatic heterocycles. The van der Waals surface area contributed by atoms with Crippen molar-refractivity contribution < 1.29 is 8.91 Å². The molecule has 0 atom stereocenters. The van der Waals surface area contributed by atoms with Gasteiger partial charge in [0.25, 0.3) is 0 Å². The fourth-order valence-corrected chi connectivity index (χ4v) is 1.54. The van der Waals surface area contributed by atoms with E-state index in [-0.39, 0.29) is 5.02 Å². The van der Waals surface area contributed by atoms with Crippen molar-refractivity contribution in [1.29, 1.82) is 0 Å². The number of rotatable bonds is 5. The van der Waals surface area contributed by atoms with Gasteiger partial charge in [-0.2, -0.15) is 4.98 Å². The average molecular weight is 268 g/mol. The van der Waals surface area contributed by atoms with Crippen LogP contribution in [-0.4, -0.2) is 16.7 Å². The van der Waals surface area contributed by atoms with Crippen LogP contribution in [-0.2, 0) is 6.54 Å². The topological polar surface area (TPSA) is 51.0 Å². The first-order chi connectivity index (χ1) is 8.70. The maximum atomic E-state index is 13.0. The lowest BCUT2D eigenvalue weighted by molar-refractivity contribution is 0.370. The smallest absolute Gasteiger partial charge is 0.240 e. The van der Waals surface area contributed by atoms with Crippen molar-refractivity contribution in [3.05, 3.63) is 47.6 Å². The van der Waals surface area contributed by atoms with Crippen LogP contribution in [0.25, 0.3) is 11.4 Å². The molecule has 6 heteroatoms. The Morgan fingerprint density at radius 1 is 1.50 bits per heavy atom. The van der Waals surface area contributed by atoms with Gasteiger partial charge in [-0.15, -0.1) is 6.58 Å². The normalized spacial score (nSPS) is 10.6. The Morgan fingerprint density at radius 3 is 3.06 bits per heavy atom. The van der Waals surface area contributed by atoms with Gasteiger partial charge in [0, 0.05) is 12.1 Å². The molecule has 0 saturated carbocycles. The van der Waals surface area contributed by atoms with Gasteiger partial charge in [0.2, 0.25) is 11.7 Å². The highest BCUT2D eigenvalue weighted by Crippen LogP contribution is 2.22. The Kier molecular flexibility index (Phi) is 4.07. The molecule has 0 fully saturated rings.